The average molecular weight is 721 g/mol. The van der Waals surface area contributed by atoms with Crippen molar-refractivity contribution >= 4 is 5.70 Å². The maximum atomic E-state index is 17.0. The van der Waals surface area contributed by atoms with Crippen LogP contribution in [0.15, 0.2) is 129 Å². The zero-order valence-electron chi connectivity index (χ0n) is 32.1. The van der Waals surface area contributed by atoms with Gasteiger partial charge < -0.3 is 9.80 Å². The second kappa shape index (κ2) is 13.1. The van der Waals surface area contributed by atoms with E-state index in [-0.39, 0.29) is 17.1 Å². The topological polar surface area (TPSA) is 6.48 Å². The molecule has 0 saturated heterocycles. The van der Waals surface area contributed by atoms with Crippen molar-refractivity contribution in [2.45, 2.75) is 129 Å². The van der Waals surface area contributed by atoms with Crippen molar-refractivity contribution in [1.82, 2.24) is 9.80 Å². The molecule has 2 atom stereocenters. The number of rotatable bonds is 10. The van der Waals surface area contributed by atoms with E-state index in [4.69, 9.17) is 0 Å². The van der Waals surface area contributed by atoms with Crippen LogP contribution in [0.25, 0.3) is 5.70 Å². The van der Waals surface area contributed by atoms with Gasteiger partial charge in [-0.25, -0.2) is 8.78 Å². The van der Waals surface area contributed by atoms with E-state index in [0.717, 1.165) is 84.0 Å². The first kappa shape index (κ1) is 35.9. The first-order chi connectivity index (χ1) is 25.6. The van der Waals surface area contributed by atoms with Crippen molar-refractivity contribution in [3.8, 4) is 0 Å². The Hall–Kier alpha value is -4.06. The highest BCUT2D eigenvalue weighted by Gasteiger charge is 2.59. The molecule has 0 bridgehead atoms. The van der Waals surface area contributed by atoms with E-state index in [2.05, 4.69) is 82.0 Å². The van der Waals surface area contributed by atoms with E-state index in [0.29, 0.717) is 48.0 Å². The van der Waals surface area contributed by atoms with Gasteiger partial charge in [-0.15, -0.1) is 0 Å². The van der Waals surface area contributed by atoms with E-state index >= 15 is 17.6 Å². The van der Waals surface area contributed by atoms with E-state index in [1.54, 1.807) is 24.3 Å². The van der Waals surface area contributed by atoms with Gasteiger partial charge >= 0.3 is 0 Å². The van der Waals surface area contributed by atoms with Crippen molar-refractivity contribution in [1.29, 1.82) is 0 Å². The summed E-state index contributed by atoms with van der Waals surface area (Å²) in [5.41, 5.74) is 7.73. The fourth-order valence-electron chi connectivity index (χ4n) is 10.7. The third kappa shape index (κ3) is 4.82. The molecule has 278 valence electrons. The molecule has 4 aliphatic heterocycles. The summed E-state index contributed by atoms with van der Waals surface area (Å²) in [5, 5.41) is 0. The molecule has 0 radical (unpaired) electrons. The van der Waals surface area contributed by atoms with Crippen LogP contribution < -0.4 is 0 Å². The Bertz CT molecular complexity index is 2070. The van der Waals surface area contributed by atoms with Crippen LogP contribution in [0.5, 0.6) is 0 Å². The Balaban J connectivity index is 1.52. The molecule has 53 heavy (non-hydrogen) atoms. The van der Waals surface area contributed by atoms with E-state index in [1.807, 2.05) is 12.1 Å². The largest absolute Gasteiger partial charge is 0.337 e. The molecule has 7 aliphatic rings. The Morgan fingerprint density at radius 1 is 0.811 bits per heavy atom. The predicted molar refractivity (Wildman–Crippen MR) is 208 cm³/mol. The minimum atomic E-state index is -3.17. The number of allylic oxidation sites excluding steroid dienone is 14. The number of hydrogen-bond acceptors (Lipinski definition) is 2. The van der Waals surface area contributed by atoms with Crippen LogP contribution in [0.3, 0.4) is 0 Å². The van der Waals surface area contributed by atoms with Crippen LogP contribution in [0.1, 0.15) is 122 Å². The van der Waals surface area contributed by atoms with Crippen LogP contribution in [0.4, 0.5) is 17.6 Å². The molecular formula is C47H52F4N2. The lowest BCUT2D eigenvalue weighted by Crippen LogP contribution is -2.55. The van der Waals surface area contributed by atoms with Crippen molar-refractivity contribution in [3.63, 3.8) is 0 Å². The first-order valence-electron chi connectivity index (χ1n) is 20.1. The van der Waals surface area contributed by atoms with Gasteiger partial charge in [0.1, 0.15) is 12.0 Å². The number of alkyl halides is 3. The summed E-state index contributed by atoms with van der Waals surface area (Å²) in [6.07, 6.45) is 23.7. The SMILES string of the molecule is CCCCC1=CC2=C3C(=CC(F)=CC3F)/C(=C3/N4C=CC5C(CCCC)=CC=C6C5=C4c4c(cccc4C3(CC)CC)C6(F)F)C(CC)(CC)N2C=C1. The number of halogens is 4. The summed E-state index contributed by atoms with van der Waals surface area (Å²) in [6.45, 7) is 12.9. The number of fused-ring (bicyclic) bond motifs is 2. The zero-order chi connectivity index (χ0) is 37.4. The Morgan fingerprint density at radius 3 is 2.23 bits per heavy atom. The van der Waals surface area contributed by atoms with Gasteiger partial charge in [-0.05, 0) is 98.0 Å². The lowest BCUT2D eigenvalue weighted by molar-refractivity contribution is 0.0366. The average Bonchev–Trinajstić information content (AvgIpc) is 3.16. The van der Waals surface area contributed by atoms with E-state index in [9.17, 15) is 0 Å². The molecule has 1 aromatic rings. The molecule has 0 N–H and O–H groups in total. The summed E-state index contributed by atoms with van der Waals surface area (Å²) in [7, 11) is 0. The number of hydrogen-bond donors (Lipinski definition) is 0. The number of unbranched alkanes of at least 4 members (excludes halogenated alkanes) is 2. The Morgan fingerprint density at radius 2 is 1.53 bits per heavy atom. The quantitative estimate of drug-likeness (QED) is 0.222. The number of nitrogens with zero attached hydrogens (tertiary/aromatic N) is 2. The summed E-state index contributed by atoms with van der Waals surface area (Å²) in [6, 6.07) is 5.45. The maximum Gasteiger partial charge on any atom is 0.299 e. The fraction of sp³-hybridized carbons (Fsp3) is 0.447. The van der Waals surface area contributed by atoms with Gasteiger partial charge in [0.05, 0.1) is 11.2 Å². The highest BCUT2D eigenvalue weighted by Crippen LogP contribution is 2.65. The molecule has 3 aliphatic carbocycles. The molecule has 0 aromatic heterocycles. The lowest BCUT2D eigenvalue weighted by atomic mass is 9.58. The van der Waals surface area contributed by atoms with Crippen molar-refractivity contribution < 1.29 is 17.6 Å². The highest BCUT2D eigenvalue weighted by molar-refractivity contribution is 5.89. The predicted octanol–water partition coefficient (Wildman–Crippen LogP) is 13.2. The summed E-state index contributed by atoms with van der Waals surface area (Å²) >= 11 is 0. The van der Waals surface area contributed by atoms with Crippen LogP contribution >= 0.6 is 0 Å². The van der Waals surface area contributed by atoms with Crippen LogP contribution in [-0.4, -0.2) is 21.5 Å². The van der Waals surface area contributed by atoms with Crippen molar-refractivity contribution in [2.75, 3.05) is 0 Å². The van der Waals surface area contributed by atoms with Gasteiger partial charge in [0, 0.05) is 63.0 Å². The third-order valence-corrected chi connectivity index (χ3v) is 13.5. The second-order valence-electron chi connectivity index (χ2n) is 15.7. The Kier molecular flexibility index (Phi) is 8.86. The molecule has 4 heterocycles. The third-order valence-electron chi connectivity index (χ3n) is 13.5. The Labute approximate surface area is 313 Å². The minimum Gasteiger partial charge on any atom is -0.337 e. The molecule has 0 amide bonds. The summed E-state index contributed by atoms with van der Waals surface area (Å²) in [4.78, 5) is 4.47. The minimum absolute atomic E-state index is 0.0435. The monoisotopic (exact) mass is 720 g/mol. The van der Waals surface area contributed by atoms with E-state index < -0.39 is 28.9 Å². The molecule has 2 unspecified atom stereocenters. The number of benzene rings is 1. The molecule has 0 fully saturated rings. The summed E-state index contributed by atoms with van der Waals surface area (Å²) < 4.78 is 66.5. The molecule has 8 rings (SSSR count). The standard InChI is InChI=1S/C47H52F4N2/c1-7-13-16-29-22-25-53-38(26-29)40-33(27-31(48)28-37(40)49)42(46(53,11-5)12-6)44-45(9-3,10-4)34-18-15-19-35-41(34)43-39-32(23-24-52(43)44)30(17-14-8-2)20-21-36(39)47(35,50)51/h15,18-28,32,37H,7-14,16-17H2,1-6H3/b44-42-. The second-order valence-corrected chi connectivity index (χ2v) is 15.7. The normalized spacial score (nSPS) is 26.7. The van der Waals surface area contributed by atoms with Gasteiger partial charge in [-0.2, -0.15) is 8.78 Å². The molecule has 0 saturated carbocycles. The van der Waals surface area contributed by atoms with Crippen LogP contribution in [-0.2, 0) is 11.3 Å². The van der Waals surface area contributed by atoms with Gasteiger partial charge in [-0.1, -0.05) is 96.4 Å². The fourth-order valence-corrected chi connectivity index (χ4v) is 10.7. The molecular weight excluding hydrogens is 669 g/mol. The molecule has 0 spiro atoms. The summed E-state index contributed by atoms with van der Waals surface area (Å²) in [5.74, 6) is -4.02. The lowest BCUT2D eigenvalue weighted by Gasteiger charge is -2.58. The van der Waals surface area contributed by atoms with Crippen LogP contribution in [0, 0.1) is 5.92 Å². The zero-order valence-corrected chi connectivity index (χ0v) is 32.1. The van der Waals surface area contributed by atoms with Crippen LogP contribution in [0.2, 0.25) is 0 Å². The molecule has 2 nitrogen and oxygen atoms in total. The van der Waals surface area contributed by atoms with Gasteiger partial charge in [0.15, 0.2) is 0 Å². The van der Waals surface area contributed by atoms with Gasteiger partial charge in [0.25, 0.3) is 5.92 Å². The molecule has 1 aromatic carbocycles. The van der Waals surface area contributed by atoms with Crippen molar-refractivity contribution in [2.24, 2.45) is 5.92 Å². The van der Waals surface area contributed by atoms with Gasteiger partial charge in [0.2, 0.25) is 0 Å². The van der Waals surface area contributed by atoms with Crippen molar-refractivity contribution in [3.05, 3.63) is 146 Å². The van der Waals surface area contributed by atoms with Gasteiger partial charge in [-0.3, -0.25) is 0 Å². The highest BCUT2D eigenvalue weighted by atomic mass is 19.3. The van der Waals surface area contributed by atoms with E-state index in [1.165, 1.54) is 0 Å². The maximum absolute atomic E-state index is 17.0. The first-order valence-corrected chi connectivity index (χ1v) is 20.1. The smallest absolute Gasteiger partial charge is 0.299 e. The molecule has 6 heteroatoms.